The molecule has 0 unspecified atom stereocenters. The van der Waals surface area contributed by atoms with Crippen molar-refractivity contribution >= 4 is 28.3 Å². The smallest absolute Gasteiger partial charge is 0.315 e. The summed E-state index contributed by atoms with van der Waals surface area (Å²) in [7, 11) is 2.08. The molecule has 3 aromatic rings. The Bertz CT molecular complexity index is 834. The van der Waals surface area contributed by atoms with E-state index in [1.807, 2.05) is 12.1 Å². The topological polar surface area (TPSA) is 46.1 Å². The fourth-order valence-corrected chi connectivity index (χ4v) is 3.74. The first-order valence-corrected chi connectivity index (χ1v) is 9.07. The minimum absolute atomic E-state index is 0.117. The summed E-state index contributed by atoms with van der Waals surface area (Å²) in [6.45, 7) is 5.36. The number of aromatic nitrogens is 1. The average molecular weight is 341 g/mol. The van der Waals surface area contributed by atoms with Crippen LogP contribution < -0.4 is 10.6 Å². The number of amides is 2. The molecule has 0 saturated carbocycles. The van der Waals surface area contributed by atoms with E-state index < -0.39 is 0 Å². The zero-order valence-corrected chi connectivity index (χ0v) is 15.1. The lowest BCUT2D eigenvalue weighted by atomic mass is 10.1. The standard InChI is InChI=1S/C19H23N3OS/c1-13(2)11-20-19(23)21-12-15-14-7-4-5-8-16(14)22(3)18(15)17-9-6-10-24-17/h4-10,13H,11-12H2,1-3H3,(H2,20,21,23). The molecule has 0 spiro atoms. The molecule has 126 valence electrons. The van der Waals surface area contributed by atoms with Gasteiger partial charge in [0.1, 0.15) is 0 Å². The first-order chi connectivity index (χ1) is 11.6. The molecule has 0 aliphatic rings. The van der Waals surface area contributed by atoms with Crippen molar-refractivity contribution in [3.63, 3.8) is 0 Å². The van der Waals surface area contributed by atoms with Crippen molar-refractivity contribution in [1.29, 1.82) is 0 Å². The quantitative estimate of drug-likeness (QED) is 0.711. The molecule has 3 rings (SSSR count). The van der Waals surface area contributed by atoms with E-state index in [0.717, 1.165) is 5.56 Å². The normalized spacial score (nSPS) is 11.2. The monoisotopic (exact) mass is 341 g/mol. The summed E-state index contributed by atoms with van der Waals surface area (Å²) < 4.78 is 2.21. The van der Waals surface area contributed by atoms with Crippen LogP contribution in [0.3, 0.4) is 0 Å². The highest BCUT2D eigenvalue weighted by Gasteiger charge is 2.17. The van der Waals surface area contributed by atoms with E-state index in [-0.39, 0.29) is 6.03 Å². The molecule has 2 aromatic heterocycles. The second-order valence-corrected chi connectivity index (χ2v) is 7.29. The van der Waals surface area contributed by atoms with Crippen molar-refractivity contribution in [3.05, 3.63) is 47.3 Å². The molecular formula is C19H23N3OS. The maximum atomic E-state index is 12.0. The van der Waals surface area contributed by atoms with Gasteiger partial charge in [0.25, 0.3) is 0 Å². The number of nitrogens with zero attached hydrogens (tertiary/aromatic N) is 1. The molecule has 1 aromatic carbocycles. The van der Waals surface area contributed by atoms with Gasteiger partial charge in [0.05, 0.1) is 10.6 Å². The third kappa shape index (κ3) is 3.31. The van der Waals surface area contributed by atoms with Gasteiger partial charge >= 0.3 is 6.03 Å². The van der Waals surface area contributed by atoms with E-state index in [2.05, 4.69) is 65.7 Å². The predicted molar refractivity (Wildman–Crippen MR) is 101 cm³/mol. The number of aryl methyl sites for hydroxylation is 1. The number of thiophene rings is 1. The highest BCUT2D eigenvalue weighted by molar-refractivity contribution is 7.13. The van der Waals surface area contributed by atoms with Gasteiger partial charge in [-0.2, -0.15) is 0 Å². The minimum Gasteiger partial charge on any atom is -0.343 e. The number of urea groups is 1. The summed E-state index contributed by atoms with van der Waals surface area (Å²) in [5, 5.41) is 9.18. The molecule has 0 aliphatic heterocycles. The van der Waals surface area contributed by atoms with Crippen LogP contribution in [0.1, 0.15) is 19.4 Å². The van der Waals surface area contributed by atoms with Gasteiger partial charge in [-0.05, 0) is 23.4 Å². The van der Waals surface area contributed by atoms with Crippen molar-refractivity contribution in [1.82, 2.24) is 15.2 Å². The lowest BCUT2D eigenvalue weighted by Gasteiger charge is -2.10. The zero-order valence-electron chi connectivity index (χ0n) is 14.3. The summed E-state index contributed by atoms with van der Waals surface area (Å²) in [6.07, 6.45) is 0. The minimum atomic E-state index is -0.117. The van der Waals surface area contributed by atoms with Crippen LogP contribution in [0.5, 0.6) is 0 Å². The summed E-state index contributed by atoms with van der Waals surface area (Å²) in [5.74, 6) is 0.440. The number of benzene rings is 1. The number of hydrogen-bond donors (Lipinski definition) is 2. The van der Waals surface area contributed by atoms with Crippen molar-refractivity contribution in [2.24, 2.45) is 13.0 Å². The van der Waals surface area contributed by atoms with Gasteiger partial charge in [0.15, 0.2) is 0 Å². The maximum absolute atomic E-state index is 12.0. The Kier molecular flexibility index (Phi) is 4.90. The van der Waals surface area contributed by atoms with Crippen molar-refractivity contribution < 1.29 is 4.79 Å². The Labute approximate surface area is 146 Å². The number of hydrogen-bond acceptors (Lipinski definition) is 2. The van der Waals surface area contributed by atoms with E-state index >= 15 is 0 Å². The van der Waals surface area contributed by atoms with Crippen LogP contribution in [0.2, 0.25) is 0 Å². The largest absolute Gasteiger partial charge is 0.343 e. The molecule has 0 radical (unpaired) electrons. The third-order valence-corrected chi connectivity index (χ3v) is 4.94. The summed E-state index contributed by atoms with van der Waals surface area (Å²) in [4.78, 5) is 13.3. The molecule has 2 amide bonds. The molecule has 0 atom stereocenters. The number of fused-ring (bicyclic) bond motifs is 1. The summed E-state index contributed by atoms with van der Waals surface area (Å²) >= 11 is 1.72. The van der Waals surface area contributed by atoms with Crippen LogP contribution in [-0.2, 0) is 13.6 Å². The average Bonchev–Trinajstić information content (AvgIpc) is 3.18. The fraction of sp³-hybridized carbons (Fsp3) is 0.316. The van der Waals surface area contributed by atoms with Crippen molar-refractivity contribution in [2.75, 3.05) is 6.54 Å². The second-order valence-electron chi connectivity index (χ2n) is 6.34. The molecule has 0 saturated heterocycles. The molecule has 0 aliphatic carbocycles. The van der Waals surface area contributed by atoms with E-state index in [9.17, 15) is 4.79 Å². The first-order valence-electron chi connectivity index (χ1n) is 8.19. The van der Waals surface area contributed by atoms with Gasteiger partial charge < -0.3 is 15.2 Å². The maximum Gasteiger partial charge on any atom is 0.315 e. The number of rotatable bonds is 5. The van der Waals surface area contributed by atoms with Crippen LogP contribution in [0.15, 0.2) is 41.8 Å². The van der Waals surface area contributed by atoms with Gasteiger partial charge in [-0.25, -0.2) is 4.79 Å². The second kappa shape index (κ2) is 7.09. The summed E-state index contributed by atoms with van der Waals surface area (Å²) in [6, 6.07) is 12.4. The molecular weight excluding hydrogens is 318 g/mol. The SMILES string of the molecule is CC(C)CNC(=O)NCc1c(-c2cccs2)n(C)c2ccccc12. The fourth-order valence-electron chi connectivity index (χ4n) is 2.91. The van der Waals surface area contributed by atoms with Gasteiger partial charge in [-0.3, -0.25) is 0 Å². The lowest BCUT2D eigenvalue weighted by molar-refractivity contribution is 0.239. The number of para-hydroxylation sites is 1. The van der Waals surface area contributed by atoms with E-state index in [1.165, 1.54) is 21.5 Å². The molecule has 24 heavy (non-hydrogen) atoms. The molecule has 2 heterocycles. The van der Waals surface area contributed by atoms with Crippen LogP contribution >= 0.6 is 11.3 Å². The number of nitrogens with one attached hydrogen (secondary N) is 2. The van der Waals surface area contributed by atoms with Crippen LogP contribution in [0.4, 0.5) is 4.79 Å². The molecule has 0 bridgehead atoms. The summed E-state index contributed by atoms with van der Waals surface area (Å²) in [5.41, 5.74) is 3.52. The highest BCUT2D eigenvalue weighted by atomic mass is 32.1. The Morgan fingerprint density at radius 2 is 1.96 bits per heavy atom. The molecule has 0 fully saturated rings. The number of carbonyl (C=O) groups excluding carboxylic acids is 1. The third-order valence-electron chi connectivity index (χ3n) is 4.06. The van der Waals surface area contributed by atoms with Crippen LogP contribution in [0, 0.1) is 5.92 Å². The highest BCUT2D eigenvalue weighted by Crippen LogP contribution is 2.35. The molecule has 4 nitrogen and oxygen atoms in total. The predicted octanol–water partition coefficient (Wildman–Crippen LogP) is 4.36. The van der Waals surface area contributed by atoms with E-state index in [1.54, 1.807) is 11.3 Å². The van der Waals surface area contributed by atoms with Crippen LogP contribution in [0.25, 0.3) is 21.5 Å². The van der Waals surface area contributed by atoms with Gasteiger partial charge in [0, 0.05) is 36.6 Å². The van der Waals surface area contributed by atoms with Crippen molar-refractivity contribution in [3.8, 4) is 10.6 Å². The Morgan fingerprint density at radius 3 is 2.67 bits per heavy atom. The van der Waals surface area contributed by atoms with E-state index in [4.69, 9.17) is 0 Å². The zero-order chi connectivity index (χ0) is 17.1. The lowest BCUT2D eigenvalue weighted by Crippen LogP contribution is -2.37. The molecule has 5 heteroatoms. The Hall–Kier alpha value is -2.27. The number of carbonyl (C=O) groups is 1. The van der Waals surface area contributed by atoms with Gasteiger partial charge in [-0.1, -0.05) is 38.1 Å². The Morgan fingerprint density at radius 1 is 1.17 bits per heavy atom. The Balaban J connectivity index is 1.91. The van der Waals surface area contributed by atoms with Crippen molar-refractivity contribution in [2.45, 2.75) is 20.4 Å². The van der Waals surface area contributed by atoms with Gasteiger partial charge in [0.2, 0.25) is 0 Å². The molecule has 2 N–H and O–H groups in total. The first kappa shape index (κ1) is 16.6. The van der Waals surface area contributed by atoms with E-state index in [0.29, 0.717) is 19.0 Å². The van der Waals surface area contributed by atoms with Crippen LogP contribution in [-0.4, -0.2) is 17.1 Å². The van der Waals surface area contributed by atoms with Gasteiger partial charge in [-0.15, -0.1) is 11.3 Å².